The average molecular weight is 477 g/mol. The molecule has 1 heterocycles. The summed E-state index contributed by atoms with van der Waals surface area (Å²) in [4.78, 5) is 28.6. The van der Waals surface area contributed by atoms with Crippen LogP contribution in [0.15, 0.2) is 34.2 Å². The normalized spacial score (nSPS) is 9.83. The van der Waals surface area contributed by atoms with E-state index in [1.54, 1.807) is 24.6 Å². The van der Waals surface area contributed by atoms with Crippen molar-refractivity contribution in [2.45, 2.75) is 5.16 Å². The van der Waals surface area contributed by atoms with Crippen LogP contribution in [0.3, 0.4) is 0 Å². The van der Waals surface area contributed by atoms with Gasteiger partial charge in [-0.2, -0.15) is 13.7 Å². The summed E-state index contributed by atoms with van der Waals surface area (Å²) in [6, 6.07) is 7.44. The molecule has 0 spiro atoms. The largest absolute Gasteiger partial charge is 0.394 e. The summed E-state index contributed by atoms with van der Waals surface area (Å²) < 4.78 is 31.6. The first-order chi connectivity index (χ1) is 13.8. The topological polar surface area (TPSA) is 237 Å². The van der Waals surface area contributed by atoms with Crippen LogP contribution in [-0.2, 0) is 10.4 Å². The van der Waals surface area contributed by atoms with E-state index in [-0.39, 0.29) is 22.1 Å². The molecule has 0 saturated carbocycles. The van der Waals surface area contributed by atoms with Gasteiger partial charge in [0.1, 0.15) is 11.6 Å². The van der Waals surface area contributed by atoms with Gasteiger partial charge in [0.25, 0.3) is 11.2 Å². The summed E-state index contributed by atoms with van der Waals surface area (Å²) in [7, 11) is -4.67. The second-order valence-electron chi connectivity index (χ2n) is 4.73. The molecular formula is C14H16N6O7S3. The highest BCUT2D eigenvalue weighted by atomic mass is 32.3. The second kappa shape index (κ2) is 12.6. The number of rotatable bonds is 3. The van der Waals surface area contributed by atoms with E-state index in [0.29, 0.717) is 10.7 Å². The Morgan fingerprint density at radius 2 is 1.93 bits per heavy atom. The number of nitriles is 1. The Hall–Kier alpha value is -2.97. The zero-order valence-electron chi connectivity index (χ0n) is 15.4. The van der Waals surface area contributed by atoms with E-state index < -0.39 is 20.9 Å². The third-order valence-corrected chi connectivity index (χ3v) is 3.77. The highest BCUT2D eigenvalue weighted by molar-refractivity contribution is 8.13. The minimum Gasteiger partial charge on any atom is -0.379 e. The highest BCUT2D eigenvalue weighted by Gasteiger charge is 2.15. The molecule has 0 aliphatic carbocycles. The van der Waals surface area contributed by atoms with Crippen LogP contribution in [0.4, 0.5) is 5.69 Å². The number of non-ortho nitro benzene ring substituents is 1. The van der Waals surface area contributed by atoms with Gasteiger partial charge in [-0.15, -0.1) is 0 Å². The van der Waals surface area contributed by atoms with Crippen molar-refractivity contribution in [2.24, 2.45) is 5.73 Å². The number of aromatic amines is 1. The maximum atomic E-state index is 11.8. The summed E-state index contributed by atoms with van der Waals surface area (Å²) in [6.07, 6.45) is 3.49. The number of H-pyrrole nitrogens is 1. The number of nitrogens with one attached hydrogen (secondary N) is 2. The molecule has 0 fully saturated rings. The molecule has 0 aliphatic rings. The fourth-order valence-electron chi connectivity index (χ4n) is 1.63. The van der Waals surface area contributed by atoms with Gasteiger partial charge in [-0.25, -0.2) is 4.98 Å². The van der Waals surface area contributed by atoms with Crippen LogP contribution in [0.1, 0.15) is 5.56 Å². The highest BCUT2D eigenvalue weighted by Crippen LogP contribution is 2.24. The Bertz CT molecular complexity index is 1100. The average Bonchev–Trinajstić information content (AvgIpc) is 2.66. The third-order valence-electron chi connectivity index (χ3n) is 2.75. The molecule has 2 rings (SSSR count). The van der Waals surface area contributed by atoms with Gasteiger partial charge in [-0.1, -0.05) is 35.7 Å². The second-order valence-corrected chi connectivity index (χ2v) is 7.27. The van der Waals surface area contributed by atoms with Crippen LogP contribution in [-0.4, -0.2) is 50.1 Å². The van der Waals surface area contributed by atoms with Gasteiger partial charge in [-0.3, -0.25) is 29.4 Å². The molecule has 0 atom stereocenters. The molecule has 0 bridgehead atoms. The standard InChI is InChI=1S/C12H8N4O3S.C2H6N2S.H2O4S/c1-20-12-14-10(9(6-13)11(17)15-12)7-3-2-4-8(5-7)16(18)19;1-5-2(3)4;1-5(2,3)4/h2-5H,1H3,(H,14,15,17);1H3,(H3,3,4);(H2,1,2,3,4). The molecule has 6 N–H and O–H groups in total. The van der Waals surface area contributed by atoms with Crippen molar-refractivity contribution >= 4 is 44.8 Å². The Morgan fingerprint density at radius 3 is 2.33 bits per heavy atom. The first kappa shape index (κ1) is 27.0. The van der Waals surface area contributed by atoms with Gasteiger partial charge in [0, 0.05) is 17.7 Å². The van der Waals surface area contributed by atoms with Gasteiger partial charge < -0.3 is 10.7 Å². The Labute approximate surface area is 179 Å². The lowest BCUT2D eigenvalue weighted by Gasteiger charge is -2.04. The molecule has 0 saturated heterocycles. The predicted molar refractivity (Wildman–Crippen MR) is 113 cm³/mol. The van der Waals surface area contributed by atoms with Crippen LogP contribution in [0, 0.1) is 26.9 Å². The molecule has 1 aromatic carbocycles. The fourth-order valence-corrected chi connectivity index (χ4v) is 2.01. The molecule has 0 aliphatic heterocycles. The Balaban J connectivity index is 0.000000702. The minimum atomic E-state index is -4.67. The lowest BCUT2D eigenvalue weighted by atomic mass is 10.1. The van der Waals surface area contributed by atoms with Crippen LogP contribution in [0.25, 0.3) is 11.3 Å². The summed E-state index contributed by atoms with van der Waals surface area (Å²) in [6.45, 7) is 0. The quantitative estimate of drug-likeness (QED) is 0.0806. The Morgan fingerprint density at radius 1 is 1.40 bits per heavy atom. The van der Waals surface area contributed by atoms with Gasteiger partial charge >= 0.3 is 10.4 Å². The van der Waals surface area contributed by atoms with Gasteiger partial charge in [-0.05, 0) is 12.5 Å². The van der Waals surface area contributed by atoms with Crippen molar-refractivity contribution in [1.29, 1.82) is 10.7 Å². The number of hydrogen-bond acceptors (Lipinski definition) is 10. The fraction of sp³-hybridized carbons (Fsp3) is 0.143. The Kier molecular flexibility index (Phi) is 11.3. The van der Waals surface area contributed by atoms with E-state index >= 15 is 0 Å². The number of nitro groups is 1. The first-order valence-corrected chi connectivity index (χ1v) is 11.1. The maximum Gasteiger partial charge on any atom is 0.394 e. The summed E-state index contributed by atoms with van der Waals surface area (Å²) in [5.74, 6) is 0. The molecule has 2 aromatic rings. The lowest BCUT2D eigenvalue weighted by molar-refractivity contribution is -0.384. The van der Waals surface area contributed by atoms with Gasteiger partial charge in [0.2, 0.25) is 0 Å². The number of nitrogens with two attached hydrogens (primary N) is 1. The van der Waals surface area contributed by atoms with Crippen molar-refractivity contribution in [3.05, 3.63) is 50.3 Å². The predicted octanol–water partition coefficient (Wildman–Crippen LogP) is 1.53. The number of nitrogens with zero attached hydrogens (tertiary/aromatic N) is 3. The zero-order chi connectivity index (χ0) is 23.5. The third kappa shape index (κ3) is 10.5. The van der Waals surface area contributed by atoms with Crippen molar-refractivity contribution in [2.75, 3.05) is 12.5 Å². The molecular weight excluding hydrogens is 460 g/mol. The maximum absolute atomic E-state index is 11.8. The number of hydrogen-bond donors (Lipinski definition) is 5. The van der Waals surface area contributed by atoms with Crippen LogP contribution in [0.2, 0.25) is 0 Å². The van der Waals surface area contributed by atoms with Crippen molar-refractivity contribution in [3.8, 4) is 17.3 Å². The van der Waals surface area contributed by atoms with E-state index in [9.17, 15) is 14.9 Å². The number of nitro benzene ring substituents is 1. The van der Waals surface area contributed by atoms with E-state index in [1.807, 2.05) is 0 Å². The molecule has 0 amide bonds. The van der Waals surface area contributed by atoms with Gasteiger partial charge in [0.15, 0.2) is 10.3 Å². The molecule has 16 heteroatoms. The lowest BCUT2D eigenvalue weighted by Crippen LogP contribution is -2.14. The molecule has 0 radical (unpaired) electrons. The number of benzene rings is 1. The number of thioether (sulfide) groups is 2. The van der Waals surface area contributed by atoms with E-state index in [4.69, 9.17) is 33.9 Å². The number of amidine groups is 1. The van der Waals surface area contributed by atoms with Crippen LogP contribution >= 0.6 is 23.5 Å². The molecule has 0 unspecified atom stereocenters. The van der Waals surface area contributed by atoms with Crippen LogP contribution in [0.5, 0.6) is 0 Å². The van der Waals surface area contributed by atoms with E-state index in [1.165, 1.54) is 41.7 Å². The first-order valence-electron chi connectivity index (χ1n) is 7.25. The molecule has 1 aromatic heterocycles. The molecule has 162 valence electrons. The van der Waals surface area contributed by atoms with E-state index in [2.05, 4.69) is 9.97 Å². The zero-order valence-corrected chi connectivity index (χ0v) is 17.8. The molecule has 13 nitrogen and oxygen atoms in total. The SMILES string of the molecule is CSC(=N)N.CSc1nc(-c2cccc([N+](=O)[O-])c2)c(C#N)c(=O)[nH]1.O=S(=O)(O)O. The monoisotopic (exact) mass is 476 g/mol. The smallest absolute Gasteiger partial charge is 0.379 e. The molecule has 30 heavy (non-hydrogen) atoms. The summed E-state index contributed by atoms with van der Waals surface area (Å²) >= 11 is 2.45. The van der Waals surface area contributed by atoms with Crippen LogP contribution < -0.4 is 11.3 Å². The van der Waals surface area contributed by atoms with Crippen molar-refractivity contribution in [1.82, 2.24) is 9.97 Å². The minimum absolute atomic E-state index is 0.126. The summed E-state index contributed by atoms with van der Waals surface area (Å²) in [5, 5.41) is 26.8. The van der Waals surface area contributed by atoms with E-state index in [0.717, 1.165) is 0 Å². The van der Waals surface area contributed by atoms with Crippen molar-refractivity contribution < 1.29 is 22.4 Å². The van der Waals surface area contributed by atoms with Gasteiger partial charge in [0.05, 0.1) is 10.6 Å². The number of aromatic nitrogens is 2. The summed E-state index contributed by atoms with van der Waals surface area (Å²) in [5.41, 5.74) is 4.49. The van der Waals surface area contributed by atoms with Crippen molar-refractivity contribution in [3.63, 3.8) is 0 Å².